The maximum atomic E-state index is 11.5. The molecule has 4 heteroatoms. The van der Waals surface area contributed by atoms with Gasteiger partial charge in [-0.25, -0.2) is 5.10 Å². The molecule has 0 bridgehead atoms. The third kappa shape index (κ3) is 1.10. The maximum absolute atomic E-state index is 11.5. The molecule has 0 aliphatic carbocycles. The van der Waals surface area contributed by atoms with Gasteiger partial charge in [0.15, 0.2) is 0 Å². The van der Waals surface area contributed by atoms with Crippen molar-refractivity contribution < 1.29 is 4.42 Å². The van der Waals surface area contributed by atoms with Crippen LogP contribution in [-0.4, -0.2) is 10.2 Å². The van der Waals surface area contributed by atoms with Gasteiger partial charge in [-0.15, -0.1) is 0 Å². The summed E-state index contributed by atoms with van der Waals surface area (Å²) in [4.78, 5) is 11.5. The van der Waals surface area contributed by atoms with Crippen molar-refractivity contribution in [3.63, 3.8) is 0 Å². The molecule has 2 heterocycles. The molecule has 0 radical (unpaired) electrons. The first-order valence-corrected chi connectivity index (χ1v) is 5.19. The number of aromatic amines is 1. The largest absolute Gasteiger partial charge is 0.450 e. The highest BCUT2D eigenvalue weighted by Crippen LogP contribution is 2.28. The summed E-state index contributed by atoms with van der Waals surface area (Å²) in [5, 5.41) is 7.89. The van der Waals surface area contributed by atoms with Crippen LogP contribution in [0, 0.1) is 0 Å². The highest BCUT2D eigenvalue weighted by atomic mass is 16.3. The lowest BCUT2D eigenvalue weighted by atomic mass is 10.1. The topological polar surface area (TPSA) is 58.9 Å². The number of H-pyrrole nitrogens is 1. The van der Waals surface area contributed by atoms with Crippen molar-refractivity contribution in [1.29, 1.82) is 0 Å². The van der Waals surface area contributed by atoms with E-state index in [1.165, 1.54) is 0 Å². The van der Waals surface area contributed by atoms with Gasteiger partial charge >= 0.3 is 5.56 Å². The van der Waals surface area contributed by atoms with Gasteiger partial charge in [-0.2, -0.15) is 5.10 Å². The number of fused-ring (bicyclic) bond motifs is 3. The number of hydrogen-bond donors (Lipinski definition) is 1. The van der Waals surface area contributed by atoms with Crippen LogP contribution in [-0.2, 0) is 6.42 Å². The Kier molecular flexibility index (Phi) is 1.83. The molecule has 0 aliphatic rings. The molecule has 0 aliphatic heterocycles. The van der Waals surface area contributed by atoms with Crippen LogP contribution in [0.4, 0.5) is 0 Å². The minimum absolute atomic E-state index is 0.282. The van der Waals surface area contributed by atoms with E-state index in [-0.39, 0.29) is 5.56 Å². The van der Waals surface area contributed by atoms with E-state index in [0.29, 0.717) is 5.58 Å². The number of nitrogens with zero attached hydrogens (tertiary/aromatic N) is 1. The Balaban J connectivity index is 2.60. The lowest BCUT2D eigenvalue weighted by molar-refractivity contribution is 0.654. The summed E-state index contributed by atoms with van der Waals surface area (Å²) in [5.74, 6) is 0. The van der Waals surface area contributed by atoms with Gasteiger partial charge in [0.1, 0.15) is 5.58 Å². The van der Waals surface area contributed by atoms with E-state index in [0.717, 1.165) is 28.3 Å². The van der Waals surface area contributed by atoms with Crippen molar-refractivity contribution >= 4 is 21.9 Å². The van der Waals surface area contributed by atoms with Crippen LogP contribution in [0.1, 0.15) is 12.5 Å². The Morgan fingerprint density at radius 1 is 1.31 bits per heavy atom. The predicted molar refractivity (Wildman–Crippen MR) is 61.5 cm³/mol. The monoisotopic (exact) mass is 214 g/mol. The first-order valence-electron chi connectivity index (χ1n) is 5.19. The Bertz CT molecular complexity index is 725. The molecular formula is C12H10N2O2. The third-order valence-electron chi connectivity index (χ3n) is 2.78. The summed E-state index contributed by atoms with van der Waals surface area (Å²) >= 11 is 0. The molecule has 3 rings (SSSR count). The molecule has 0 unspecified atom stereocenters. The zero-order valence-electron chi connectivity index (χ0n) is 8.78. The van der Waals surface area contributed by atoms with Gasteiger partial charge in [0.25, 0.3) is 0 Å². The van der Waals surface area contributed by atoms with Crippen molar-refractivity contribution in [3.05, 3.63) is 40.3 Å². The molecule has 3 aromatic rings. The normalized spacial score (nSPS) is 11.3. The Morgan fingerprint density at radius 3 is 3.00 bits per heavy atom. The number of benzene rings is 1. The molecule has 0 spiro atoms. The first kappa shape index (κ1) is 9.15. The molecule has 4 nitrogen and oxygen atoms in total. The van der Waals surface area contributed by atoms with Crippen molar-refractivity contribution in [2.75, 3.05) is 0 Å². The van der Waals surface area contributed by atoms with Crippen molar-refractivity contribution in [2.45, 2.75) is 13.3 Å². The zero-order valence-corrected chi connectivity index (χ0v) is 8.78. The summed E-state index contributed by atoms with van der Waals surface area (Å²) in [6.07, 6.45) is 2.50. The van der Waals surface area contributed by atoms with Crippen LogP contribution in [0.25, 0.3) is 21.9 Å². The van der Waals surface area contributed by atoms with Crippen LogP contribution in [0.15, 0.2) is 33.6 Å². The van der Waals surface area contributed by atoms with E-state index in [2.05, 4.69) is 17.1 Å². The zero-order chi connectivity index (χ0) is 11.1. The number of aromatic nitrogens is 2. The van der Waals surface area contributed by atoms with Crippen molar-refractivity contribution in [2.24, 2.45) is 0 Å². The number of para-hydroxylation sites is 1. The number of aryl methyl sites for hydroxylation is 1. The lowest BCUT2D eigenvalue weighted by Crippen LogP contribution is -2.05. The summed E-state index contributed by atoms with van der Waals surface area (Å²) in [7, 11) is 0. The standard InChI is InChI=1S/C12H10N2O2/c1-2-7-4-3-5-8-9-6-13-14-12(15)11(9)16-10(7)8/h3-6H,2H2,1H3,(H,14,15). The van der Waals surface area contributed by atoms with E-state index < -0.39 is 0 Å². The van der Waals surface area contributed by atoms with E-state index in [1.807, 2.05) is 18.2 Å². The van der Waals surface area contributed by atoms with Gasteiger partial charge in [-0.1, -0.05) is 25.1 Å². The smallest absolute Gasteiger partial charge is 0.307 e. The highest BCUT2D eigenvalue weighted by molar-refractivity contribution is 6.05. The third-order valence-corrected chi connectivity index (χ3v) is 2.78. The second-order valence-electron chi connectivity index (χ2n) is 3.69. The van der Waals surface area contributed by atoms with E-state index in [4.69, 9.17) is 4.42 Å². The molecule has 16 heavy (non-hydrogen) atoms. The fourth-order valence-electron chi connectivity index (χ4n) is 1.98. The van der Waals surface area contributed by atoms with Gasteiger partial charge in [0.2, 0.25) is 5.58 Å². The number of hydrogen-bond acceptors (Lipinski definition) is 3. The molecule has 0 atom stereocenters. The summed E-state index contributed by atoms with van der Waals surface area (Å²) in [5.41, 5.74) is 1.97. The lowest BCUT2D eigenvalue weighted by Gasteiger charge is -1.95. The Hall–Kier alpha value is -2.10. The fourth-order valence-corrected chi connectivity index (χ4v) is 1.98. The minimum atomic E-state index is -0.282. The molecular weight excluding hydrogens is 204 g/mol. The fraction of sp³-hybridized carbons (Fsp3) is 0.167. The Labute approximate surface area is 90.9 Å². The van der Waals surface area contributed by atoms with Crippen LogP contribution in [0.3, 0.4) is 0 Å². The summed E-state index contributed by atoms with van der Waals surface area (Å²) in [6, 6.07) is 5.92. The molecule has 1 aromatic carbocycles. The van der Waals surface area contributed by atoms with Gasteiger partial charge < -0.3 is 4.42 Å². The van der Waals surface area contributed by atoms with Crippen LogP contribution < -0.4 is 5.56 Å². The average molecular weight is 214 g/mol. The van der Waals surface area contributed by atoms with Gasteiger partial charge in [0, 0.05) is 5.39 Å². The Morgan fingerprint density at radius 2 is 2.19 bits per heavy atom. The first-order chi connectivity index (χ1) is 7.81. The molecule has 0 saturated carbocycles. The number of furan rings is 1. The molecule has 80 valence electrons. The second-order valence-corrected chi connectivity index (χ2v) is 3.69. The van der Waals surface area contributed by atoms with E-state index >= 15 is 0 Å². The molecule has 2 aromatic heterocycles. The van der Waals surface area contributed by atoms with E-state index in [9.17, 15) is 4.79 Å². The molecule has 1 N–H and O–H groups in total. The predicted octanol–water partition coefficient (Wildman–Crippen LogP) is 2.23. The van der Waals surface area contributed by atoms with Crippen molar-refractivity contribution in [3.8, 4) is 0 Å². The number of rotatable bonds is 1. The quantitative estimate of drug-likeness (QED) is 0.675. The van der Waals surface area contributed by atoms with Gasteiger partial charge in [-0.05, 0) is 12.0 Å². The SMILES string of the molecule is CCc1cccc2c1oc1c(=O)[nH]ncc12. The minimum Gasteiger partial charge on any atom is -0.450 e. The number of nitrogens with one attached hydrogen (secondary N) is 1. The average Bonchev–Trinajstić information content (AvgIpc) is 2.69. The molecule has 0 saturated heterocycles. The van der Waals surface area contributed by atoms with Crippen LogP contribution in [0.5, 0.6) is 0 Å². The highest BCUT2D eigenvalue weighted by Gasteiger charge is 2.11. The van der Waals surface area contributed by atoms with Crippen molar-refractivity contribution in [1.82, 2.24) is 10.2 Å². The van der Waals surface area contributed by atoms with Crippen LogP contribution in [0.2, 0.25) is 0 Å². The summed E-state index contributed by atoms with van der Waals surface area (Å²) in [6.45, 7) is 2.06. The van der Waals surface area contributed by atoms with Crippen LogP contribution >= 0.6 is 0 Å². The molecule has 0 amide bonds. The second kappa shape index (κ2) is 3.20. The molecule has 0 fully saturated rings. The van der Waals surface area contributed by atoms with E-state index in [1.54, 1.807) is 6.20 Å². The maximum Gasteiger partial charge on any atom is 0.307 e. The van der Waals surface area contributed by atoms with Gasteiger partial charge in [-0.3, -0.25) is 4.79 Å². The van der Waals surface area contributed by atoms with Gasteiger partial charge in [0.05, 0.1) is 11.6 Å². The summed E-state index contributed by atoms with van der Waals surface area (Å²) < 4.78 is 5.62.